The summed E-state index contributed by atoms with van der Waals surface area (Å²) in [5.41, 5.74) is 1.39. The lowest BCUT2D eigenvalue weighted by Gasteiger charge is -2.23. The Labute approximate surface area is 74.8 Å². The monoisotopic (exact) mass is 214 g/mol. The van der Waals surface area contributed by atoms with Crippen molar-refractivity contribution in [2.75, 3.05) is 5.33 Å². The van der Waals surface area contributed by atoms with Crippen molar-refractivity contribution in [3.05, 3.63) is 18.2 Å². The zero-order chi connectivity index (χ0) is 7.68. The molecule has 0 spiro atoms. The first-order chi connectivity index (χ1) is 5.42. The van der Waals surface area contributed by atoms with E-state index in [1.165, 1.54) is 25.0 Å². The van der Waals surface area contributed by atoms with Crippen molar-refractivity contribution in [1.82, 2.24) is 9.55 Å². The maximum atomic E-state index is 4.14. The summed E-state index contributed by atoms with van der Waals surface area (Å²) in [5.74, 6) is 0. The molecular weight excluding hydrogens is 204 g/mol. The molecule has 1 aliphatic heterocycles. The van der Waals surface area contributed by atoms with Gasteiger partial charge in [0.05, 0.1) is 6.33 Å². The smallest absolute Gasteiger partial charge is 0.0951 e. The lowest BCUT2D eigenvalue weighted by molar-refractivity contribution is 0.440. The van der Waals surface area contributed by atoms with Crippen molar-refractivity contribution in [2.45, 2.75) is 25.3 Å². The summed E-state index contributed by atoms with van der Waals surface area (Å²) in [6.45, 7) is 0. The van der Waals surface area contributed by atoms with Crippen molar-refractivity contribution in [3.8, 4) is 0 Å². The van der Waals surface area contributed by atoms with Gasteiger partial charge in [-0.3, -0.25) is 0 Å². The van der Waals surface area contributed by atoms with Gasteiger partial charge in [-0.15, -0.1) is 0 Å². The van der Waals surface area contributed by atoms with Crippen molar-refractivity contribution in [1.29, 1.82) is 0 Å². The first kappa shape index (κ1) is 7.35. The standard InChI is InChI=1S/C8H11BrN2/c9-4-7-2-1-3-8-5-10-6-11(7)8/h5-7H,1-4H2/t7-/m0/s1. The summed E-state index contributed by atoms with van der Waals surface area (Å²) in [7, 11) is 0. The van der Waals surface area contributed by atoms with Crippen LogP contribution in [0.1, 0.15) is 24.6 Å². The predicted molar refractivity (Wildman–Crippen MR) is 48.0 cm³/mol. The van der Waals surface area contributed by atoms with Gasteiger partial charge in [-0.05, 0) is 19.3 Å². The molecule has 1 aromatic heterocycles. The van der Waals surface area contributed by atoms with Gasteiger partial charge in [-0.25, -0.2) is 4.98 Å². The highest BCUT2D eigenvalue weighted by molar-refractivity contribution is 9.09. The average Bonchev–Trinajstić information content (AvgIpc) is 2.50. The van der Waals surface area contributed by atoms with Crippen LogP contribution < -0.4 is 0 Å². The van der Waals surface area contributed by atoms with E-state index in [4.69, 9.17) is 0 Å². The van der Waals surface area contributed by atoms with E-state index in [1.54, 1.807) is 0 Å². The van der Waals surface area contributed by atoms with Crippen LogP contribution in [0.3, 0.4) is 0 Å². The Morgan fingerprint density at radius 1 is 1.73 bits per heavy atom. The van der Waals surface area contributed by atoms with Crippen molar-refractivity contribution in [2.24, 2.45) is 0 Å². The van der Waals surface area contributed by atoms with E-state index in [0.29, 0.717) is 6.04 Å². The summed E-state index contributed by atoms with van der Waals surface area (Å²) in [4.78, 5) is 4.14. The van der Waals surface area contributed by atoms with Crippen LogP contribution in [-0.2, 0) is 6.42 Å². The Bertz CT molecular complexity index is 244. The van der Waals surface area contributed by atoms with Crippen LogP contribution >= 0.6 is 15.9 Å². The van der Waals surface area contributed by atoms with E-state index in [1.807, 2.05) is 12.5 Å². The molecule has 2 rings (SSSR count). The zero-order valence-corrected chi connectivity index (χ0v) is 7.92. The van der Waals surface area contributed by atoms with Crippen LogP contribution in [0.15, 0.2) is 12.5 Å². The molecule has 0 radical (unpaired) electrons. The van der Waals surface area contributed by atoms with E-state index >= 15 is 0 Å². The molecule has 2 heterocycles. The number of imidazole rings is 1. The summed E-state index contributed by atoms with van der Waals surface area (Å²) in [6.07, 6.45) is 7.72. The van der Waals surface area contributed by atoms with Crippen LogP contribution in [-0.4, -0.2) is 14.9 Å². The topological polar surface area (TPSA) is 17.8 Å². The third-order valence-corrected chi connectivity index (χ3v) is 3.04. The Kier molecular flexibility index (Phi) is 1.98. The van der Waals surface area contributed by atoms with Gasteiger partial charge in [-0.1, -0.05) is 15.9 Å². The maximum absolute atomic E-state index is 4.14. The zero-order valence-electron chi connectivity index (χ0n) is 6.33. The van der Waals surface area contributed by atoms with E-state index in [9.17, 15) is 0 Å². The lowest BCUT2D eigenvalue weighted by Crippen LogP contribution is -2.17. The quantitative estimate of drug-likeness (QED) is 0.656. The lowest BCUT2D eigenvalue weighted by atomic mass is 10.0. The minimum absolute atomic E-state index is 0.640. The molecule has 0 N–H and O–H groups in total. The van der Waals surface area contributed by atoms with Gasteiger partial charge < -0.3 is 4.57 Å². The molecule has 0 aromatic carbocycles. The minimum Gasteiger partial charge on any atom is -0.331 e. The van der Waals surface area contributed by atoms with Gasteiger partial charge in [0.25, 0.3) is 0 Å². The average molecular weight is 215 g/mol. The fourth-order valence-electron chi connectivity index (χ4n) is 1.66. The Balaban J connectivity index is 2.32. The SMILES string of the molecule is BrC[C@@H]1CCCc2cncn21. The second kappa shape index (κ2) is 2.97. The Morgan fingerprint density at radius 2 is 2.64 bits per heavy atom. The Hall–Kier alpha value is -0.310. The van der Waals surface area contributed by atoms with Crippen LogP contribution in [0.2, 0.25) is 0 Å². The van der Waals surface area contributed by atoms with Crippen LogP contribution in [0.4, 0.5) is 0 Å². The van der Waals surface area contributed by atoms with Gasteiger partial charge in [-0.2, -0.15) is 0 Å². The van der Waals surface area contributed by atoms with Crippen LogP contribution in [0, 0.1) is 0 Å². The molecule has 0 fully saturated rings. The van der Waals surface area contributed by atoms with Gasteiger partial charge >= 0.3 is 0 Å². The third kappa shape index (κ3) is 1.22. The highest BCUT2D eigenvalue weighted by Gasteiger charge is 2.17. The molecular formula is C8H11BrN2. The second-order valence-corrected chi connectivity index (χ2v) is 3.64. The van der Waals surface area contributed by atoms with Crippen molar-refractivity contribution < 1.29 is 0 Å². The number of aromatic nitrogens is 2. The molecule has 1 atom stereocenters. The van der Waals surface area contributed by atoms with Crippen LogP contribution in [0.25, 0.3) is 0 Å². The molecule has 0 aliphatic carbocycles. The molecule has 0 amide bonds. The number of aryl methyl sites for hydroxylation is 1. The molecule has 2 nitrogen and oxygen atoms in total. The Morgan fingerprint density at radius 3 is 3.45 bits per heavy atom. The fourth-order valence-corrected chi connectivity index (χ4v) is 2.30. The first-order valence-corrected chi connectivity index (χ1v) is 5.10. The summed E-state index contributed by atoms with van der Waals surface area (Å²) < 4.78 is 2.29. The first-order valence-electron chi connectivity index (χ1n) is 3.98. The van der Waals surface area contributed by atoms with Crippen molar-refractivity contribution >= 4 is 15.9 Å². The molecule has 11 heavy (non-hydrogen) atoms. The maximum Gasteiger partial charge on any atom is 0.0951 e. The molecule has 1 aromatic rings. The largest absolute Gasteiger partial charge is 0.331 e. The van der Waals surface area contributed by atoms with E-state index < -0.39 is 0 Å². The summed E-state index contributed by atoms with van der Waals surface area (Å²) in [5, 5.41) is 1.05. The molecule has 60 valence electrons. The highest BCUT2D eigenvalue weighted by Crippen LogP contribution is 2.25. The summed E-state index contributed by atoms with van der Waals surface area (Å²) in [6, 6.07) is 0.640. The number of nitrogens with zero attached hydrogens (tertiary/aromatic N) is 2. The molecule has 0 unspecified atom stereocenters. The molecule has 3 heteroatoms. The number of alkyl halides is 1. The van der Waals surface area contributed by atoms with E-state index in [-0.39, 0.29) is 0 Å². The highest BCUT2D eigenvalue weighted by atomic mass is 79.9. The van der Waals surface area contributed by atoms with Gasteiger partial charge in [0, 0.05) is 23.3 Å². The van der Waals surface area contributed by atoms with Crippen molar-refractivity contribution in [3.63, 3.8) is 0 Å². The predicted octanol–water partition coefficient (Wildman–Crippen LogP) is 2.16. The molecule has 0 bridgehead atoms. The third-order valence-electron chi connectivity index (χ3n) is 2.29. The number of hydrogen-bond acceptors (Lipinski definition) is 1. The minimum atomic E-state index is 0.640. The van der Waals surface area contributed by atoms with Gasteiger partial charge in [0.15, 0.2) is 0 Å². The van der Waals surface area contributed by atoms with Crippen LogP contribution in [0.5, 0.6) is 0 Å². The normalized spacial score (nSPS) is 23.2. The van der Waals surface area contributed by atoms with E-state index in [2.05, 4.69) is 25.5 Å². The second-order valence-electron chi connectivity index (χ2n) is 2.99. The molecule has 0 saturated heterocycles. The molecule has 0 saturated carbocycles. The van der Waals surface area contributed by atoms with E-state index in [0.717, 1.165) is 5.33 Å². The number of halogens is 1. The number of fused-ring (bicyclic) bond motifs is 1. The van der Waals surface area contributed by atoms with Gasteiger partial charge in [0.2, 0.25) is 0 Å². The number of rotatable bonds is 1. The number of hydrogen-bond donors (Lipinski definition) is 0. The summed E-state index contributed by atoms with van der Waals surface area (Å²) >= 11 is 3.52. The molecule has 1 aliphatic rings. The van der Waals surface area contributed by atoms with Gasteiger partial charge in [0.1, 0.15) is 0 Å². The fraction of sp³-hybridized carbons (Fsp3) is 0.625.